The van der Waals surface area contributed by atoms with Crippen molar-refractivity contribution in [3.05, 3.63) is 30.2 Å². The van der Waals surface area contributed by atoms with Gasteiger partial charge in [0.05, 0.1) is 11.3 Å². The highest BCUT2D eigenvalue weighted by Gasteiger charge is 2.26. The number of H-pyrrole nitrogens is 1. The molecule has 23 heavy (non-hydrogen) atoms. The Morgan fingerprint density at radius 3 is 2.96 bits per heavy atom. The first-order chi connectivity index (χ1) is 11.3. The van der Waals surface area contributed by atoms with Crippen LogP contribution < -0.4 is 10.2 Å². The van der Waals surface area contributed by atoms with Gasteiger partial charge in [-0.1, -0.05) is 0 Å². The molecule has 7 nitrogen and oxygen atoms in total. The molecule has 0 radical (unpaired) electrons. The number of imidazole rings is 1. The second kappa shape index (κ2) is 5.96. The van der Waals surface area contributed by atoms with Crippen LogP contribution in [0, 0.1) is 5.92 Å². The molecule has 1 aliphatic heterocycles. The fourth-order valence-corrected chi connectivity index (χ4v) is 3.68. The zero-order valence-electron chi connectivity index (χ0n) is 12.4. The smallest absolute Gasteiger partial charge is 0.228 e. The number of amides is 1. The number of rotatable bonds is 3. The van der Waals surface area contributed by atoms with Gasteiger partial charge in [-0.2, -0.15) is 0 Å². The summed E-state index contributed by atoms with van der Waals surface area (Å²) in [5.74, 6) is 0.530. The summed E-state index contributed by atoms with van der Waals surface area (Å²) in [4.78, 5) is 30.1. The monoisotopic (exact) mass is 328 g/mol. The van der Waals surface area contributed by atoms with Gasteiger partial charge in [0.2, 0.25) is 5.91 Å². The lowest BCUT2D eigenvalue weighted by Crippen LogP contribution is -2.38. The molecule has 0 bridgehead atoms. The fraction of sp³-hybridized carbons (Fsp3) is 0.333. The normalized spacial score (nSPS) is 15.9. The molecule has 8 heteroatoms. The Bertz CT molecular complexity index is 806. The molecular weight excluding hydrogens is 312 g/mol. The van der Waals surface area contributed by atoms with E-state index in [0.29, 0.717) is 17.0 Å². The number of carbonyl (C=O) groups excluding carboxylic acids is 1. The van der Waals surface area contributed by atoms with Crippen molar-refractivity contribution in [3.63, 3.8) is 0 Å². The molecule has 4 rings (SSSR count). The molecule has 0 unspecified atom stereocenters. The van der Waals surface area contributed by atoms with E-state index in [4.69, 9.17) is 0 Å². The number of aromatic amines is 1. The van der Waals surface area contributed by atoms with Crippen molar-refractivity contribution < 1.29 is 4.79 Å². The SMILES string of the molecule is O=C(Nc1ncnc2nc[nH]c12)C1CCN(c2cccs2)CC1. The quantitative estimate of drug-likeness (QED) is 0.770. The third-order valence-corrected chi connectivity index (χ3v) is 5.08. The van der Waals surface area contributed by atoms with Gasteiger partial charge >= 0.3 is 0 Å². The van der Waals surface area contributed by atoms with Gasteiger partial charge in [-0.3, -0.25) is 4.79 Å². The average Bonchev–Trinajstić information content (AvgIpc) is 3.27. The van der Waals surface area contributed by atoms with Crippen molar-refractivity contribution in [2.45, 2.75) is 12.8 Å². The molecule has 3 aromatic rings. The summed E-state index contributed by atoms with van der Waals surface area (Å²) in [6.45, 7) is 1.81. The van der Waals surface area contributed by atoms with Crippen LogP contribution >= 0.6 is 11.3 Å². The number of aromatic nitrogens is 4. The molecule has 0 atom stereocenters. The Kier molecular flexibility index (Phi) is 3.66. The first-order valence-corrected chi connectivity index (χ1v) is 8.42. The maximum atomic E-state index is 12.5. The second-order valence-corrected chi connectivity index (χ2v) is 6.45. The maximum absolute atomic E-state index is 12.5. The predicted molar refractivity (Wildman–Crippen MR) is 89.6 cm³/mol. The van der Waals surface area contributed by atoms with Gasteiger partial charge in [0.15, 0.2) is 11.5 Å². The maximum Gasteiger partial charge on any atom is 0.228 e. The molecule has 0 spiro atoms. The number of hydrogen-bond donors (Lipinski definition) is 2. The van der Waals surface area contributed by atoms with Gasteiger partial charge in [0, 0.05) is 19.0 Å². The predicted octanol–water partition coefficient (Wildman–Crippen LogP) is 2.27. The molecule has 118 valence electrons. The summed E-state index contributed by atoms with van der Waals surface area (Å²) >= 11 is 1.74. The second-order valence-electron chi connectivity index (χ2n) is 5.53. The number of thiophene rings is 1. The fourth-order valence-electron chi connectivity index (χ4n) is 2.89. The Hall–Kier alpha value is -2.48. The summed E-state index contributed by atoms with van der Waals surface area (Å²) in [5, 5.41) is 6.27. The van der Waals surface area contributed by atoms with E-state index in [2.05, 4.69) is 47.7 Å². The van der Waals surface area contributed by atoms with Crippen LogP contribution in [0.15, 0.2) is 30.2 Å². The number of nitrogens with one attached hydrogen (secondary N) is 2. The van der Waals surface area contributed by atoms with Crippen LogP contribution in [-0.2, 0) is 4.79 Å². The summed E-state index contributed by atoms with van der Waals surface area (Å²) in [6, 6.07) is 4.18. The molecule has 2 N–H and O–H groups in total. The van der Waals surface area contributed by atoms with Crippen LogP contribution in [0.3, 0.4) is 0 Å². The van der Waals surface area contributed by atoms with Crippen LogP contribution in [0.2, 0.25) is 0 Å². The zero-order valence-corrected chi connectivity index (χ0v) is 13.2. The van der Waals surface area contributed by atoms with Crippen molar-refractivity contribution in [3.8, 4) is 0 Å². The molecule has 3 aromatic heterocycles. The van der Waals surface area contributed by atoms with Gasteiger partial charge in [-0.25, -0.2) is 15.0 Å². The summed E-state index contributed by atoms with van der Waals surface area (Å²) in [6.07, 6.45) is 4.66. The van der Waals surface area contributed by atoms with Gasteiger partial charge < -0.3 is 15.2 Å². The van der Waals surface area contributed by atoms with Crippen molar-refractivity contribution in [2.75, 3.05) is 23.3 Å². The summed E-state index contributed by atoms with van der Waals surface area (Å²) < 4.78 is 0. The van der Waals surface area contributed by atoms with Crippen molar-refractivity contribution in [2.24, 2.45) is 5.92 Å². The number of piperidine rings is 1. The first kappa shape index (κ1) is 14.1. The lowest BCUT2D eigenvalue weighted by Gasteiger charge is -2.31. The zero-order chi connectivity index (χ0) is 15.6. The molecule has 1 aliphatic rings. The first-order valence-electron chi connectivity index (χ1n) is 7.54. The standard InChI is InChI=1S/C15H16N6OS/c22-15(20-14-12-13(17-8-16-12)18-9-19-14)10-3-5-21(6-4-10)11-2-1-7-23-11/h1-2,7-10H,3-6H2,(H2,16,17,18,19,20,22). The molecular formula is C15H16N6OS. The van der Waals surface area contributed by atoms with Crippen molar-refractivity contribution in [1.29, 1.82) is 0 Å². The third-order valence-electron chi connectivity index (χ3n) is 4.15. The highest BCUT2D eigenvalue weighted by atomic mass is 32.1. The van der Waals surface area contributed by atoms with Crippen molar-refractivity contribution in [1.82, 2.24) is 19.9 Å². The lowest BCUT2D eigenvalue weighted by atomic mass is 9.96. The van der Waals surface area contributed by atoms with E-state index in [1.165, 1.54) is 11.3 Å². The number of anilines is 2. The average molecular weight is 328 g/mol. The van der Waals surface area contributed by atoms with Crippen molar-refractivity contribution >= 4 is 39.2 Å². The van der Waals surface area contributed by atoms with E-state index in [-0.39, 0.29) is 11.8 Å². The Balaban J connectivity index is 1.41. The molecule has 0 aromatic carbocycles. The minimum Gasteiger partial charge on any atom is -0.363 e. The van der Waals surface area contributed by atoms with Gasteiger partial charge in [-0.05, 0) is 30.4 Å². The third kappa shape index (κ3) is 2.77. The van der Waals surface area contributed by atoms with Gasteiger partial charge in [0.1, 0.15) is 11.8 Å². The Labute approximate surface area is 136 Å². The van der Waals surface area contributed by atoms with Crippen LogP contribution in [0.25, 0.3) is 11.2 Å². The summed E-state index contributed by atoms with van der Waals surface area (Å²) in [7, 11) is 0. The minimum absolute atomic E-state index is 0.0131. The molecule has 1 saturated heterocycles. The number of hydrogen-bond acceptors (Lipinski definition) is 6. The van der Waals surface area contributed by atoms with E-state index in [1.54, 1.807) is 17.7 Å². The topological polar surface area (TPSA) is 86.8 Å². The number of fused-ring (bicyclic) bond motifs is 1. The van der Waals surface area contributed by atoms with Gasteiger partial charge in [-0.15, -0.1) is 11.3 Å². The summed E-state index contributed by atoms with van der Waals surface area (Å²) in [5.41, 5.74) is 1.22. The minimum atomic E-state index is 0.0131. The number of nitrogens with zero attached hydrogens (tertiary/aromatic N) is 4. The number of carbonyl (C=O) groups is 1. The van der Waals surface area contributed by atoms with Crippen LogP contribution in [0.5, 0.6) is 0 Å². The molecule has 4 heterocycles. The highest BCUT2D eigenvalue weighted by Crippen LogP contribution is 2.27. The molecule has 1 fully saturated rings. The molecule has 0 aliphatic carbocycles. The molecule has 0 saturated carbocycles. The Morgan fingerprint density at radius 1 is 1.30 bits per heavy atom. The van der Waals surface area contributed by atoms with Crippen LogP contribution in [0.1, 0.15) is 12.8 Å². The van der Waals surface area contributed by atoms with E-state index >= 15 is 0 Å². The van der Waals surface area contributed by atoms with Gasteiger partial charge in [0.25, 0.3) is 0 Å². The van der Waals surface area contributed by atoms with E-state index in [0.717, 1.165) is 25.9 Å². The van der Waals surface area contributed by atoms with Crippen LogP contribution in [0.4, 0.5) is 10.8 Å². The highest BCUT2D eigenvalue weighted by molar-refractivity contribution is 7.14. The van der Waals surface area contributed by atoms with E-state index in [9.17, 15) is 4.79 Å². The largest absolute Gasteiger partial charge is 0.363 e. The lowest BCUT2D eigenvalue weighted by molar-refractivity contribution is -0.120. The Morgan fingerprint density at radius 2 is 2.17 bits per heavy atom. The van der Waals surface area contributed by atoms with Crippen LogP contribution in [-0.4, -0.2) is 38.9 Å². The van der Waals surface area contributed by atoms with E-state index < -0.39 is 0 Å². The molecule has 1 amide bonds. The van der Waals surface area contributed by atoms with E-state index in [1.807, 2.05) is 0 Å².